The number of carboxylic acids is 1. The van der Waals surface area contributed by atoms with E-state index in [1.165, 1.54) is 11.8 Å². The fourth-order valence-corrected chi connectivity index (χ4v) is 4.82. The van der Waals surface area contributed by atoms with Crippen LogP contribution in [0.5, 0.6) is 0 Å². The van der Waals surface area contributed by atoms with Gasteiger partial charge in [0, 0.05) is 19.0 Å². The highest BCUT2D eigenvalue weighted by Crippen LogP contribution is 2.44. The van der Waals surface area contributed by atoms with Crippen LogP contribution in [0, 0.1) is 0 Å². The van der Waals surface area contributed by atoms with Crippen LogP contribution in [-0.2, 0) is 14.3 Å². The minimum absolute atomic E-state index is 0.0708. The first kappa shape index (κ1) is 22.8. The molecule has 2 atom stereocenters. The molecule has 0 aromatic heterocycles. The summed E-state index contributed by atoms with van der Waals surface area (Å²) < 4.78 is 5.43. The van der Waals surface area contributed by atoms with Crippen LogP contribution in [0.1, 0.15) is 43.2 Å². The lowest BCUT2D eigenvalue weighted by Gasteiger charge is -2.31. The van der Waals surface area contributed by atoms with E-state index < -0.39 is 29.6 Å². The molecule has 8 heteroatoms. The summed E-state index contributed by atoms with van der Waals surface area (Å²) in [6.45, 7) is 1.84. The number of fused-ring (bicyclic) bond motifs is 3. The Morgan fingerprint density at radius 2 is 1.73 bits per heavy atom. The van der Waals surface area contributed by atoms with Crippen LogP contribution in [-0.4, -0.2) is 64.4 Å². The zero-order chi connectivity index (χ0) is 23.6. The summed E-state index contributed by atoms with van der Waals surface area (Å²) in [5.41, 5.74) is 3.21. The summed E-state index contributed by atoms with van der Waals surface area (Å²) in [6.07, 6.45) is -1.12. The smallest absolute Gasteiger partial charge is 0.407 e. The topological polar surface area (TPSA) is 116 Å². The van der Waals surface area contributed by atoms with E-state index in [-0.39, 0.29) is 25.5 Å². The number of aliphatic hydroxyl groups is 1. The van der Waals surface area contributed by atoms with Crippen LogP contribution in [0.2, 0.25) is 0 Å². The monoisotopic (exact) mass is 452 g/mol. The second-order valence-corrected chi connectivity index (χ2v) is 8.79. The molecule has 0 bridgehead atoms. The number of hydrogen-bond donors (Lipinski definition) is 3. The standard InChI is InChI=1S/C25H28N2O6/c1-25(23(30)31)11-6-12-27(25)22(29)13-16(28)14-26-24(32)33-15-21-19-9-4-2-7-17(19)18-8-3-5-10-20(18)21/h2-5,7-10,16,21,28H,6,11-15H2,1H3,(H,26,32)(H,30,31)/t16?,25-/m0/s1. The van der Waals surface area contributed by atoms with Crippen molar-refractivity contribution >= 4 is 18.0 Å². The number of rotatable bonds is 7. The van der Waals surface area contributed by atoms with Gasteiger partial charge in [0.2, 0.25) is 5.91 Å². The molecule has 2 aromatic rings. The van der Waals surface area contributed by atoms with Crippen molar-refractivity contribution in [3.05, 3.63) is 59.7 Å². The Labute approximate surface area is 192 Å². The molecule has 1 saturated heterocycles. The molecule has 2 aliphatic rings. The number of likely N-dealkylation sites (tertiary alicyclic amines) is 1. The third kappa shape index (κ3) is 4.43. The van der Waals surface area contributed by atoms with Gasteiger partial charge in [0.15, 0.2) is 0 Å². The molecule has 1 fully saturated rings. The molecular weight excluding hydrogens is 424 g/mol. The van der Waals surface area contributed by atoms with Crippen molar-refractivity contribution in [1.82, 2.24) is 10.2 Å². The van der Waals surface area contributed by atoms with Crippen LogP contribution in [0.4, 0.5) is 4.79 Å². The Kier molecular flexibility index (Phi) is 6.37. The molecule has 0 spiro atoms. The maximum Gasteiger partial charge on any atom is 0.407 e. The molecule has 3 N–H and O–H groups in total. The first-order valence-electron chi connectivity index (χ1n) is 11.1. The summed E-state index contributed by atoms with van der Waals surface area (Å²) in [5, 5.41) is 22.2. The fourth-order valence-electron chi connectivity index (χ4n) is 4.82. The van der Waals surface area contributed by atoms with E-state index in [4.69, 9.17) is 4.74 Å². The number of nitrogens with one attached hydrogen (secondary N) is 1. The minimum atomic E-state index is -1.25. The SMILES string of the molecule is C[C@@]1(C(=O)O)CCCN1C(=O)CC(O)CNC(=O)OCC1c2ccccc2-c2ccccc21. The molecule has 174 valence electrons. The maximum atomic E-state index is 12.5. The molecular formula is C25H28N2O6. The van der Waals surface area contributed by atoms with Gasteiger partial charge in [0.05, 0.1) is 12.5 Å². The van der Waals surface area contributed by atoms with E-state index in [0.717, 1.165) is 22.3 Å². The number of alkyl carbamates (subject to hydrolysis) is 1. The highest BCUT2D eigenvalue weighted by Gasteiger charge is 2.45. The van der Waals surface area contributed by atoms with Crippen molar-refractivity contribution in [2.45, 2.75) is 43.7 Å². The summed E-state index contributed by atoms with van der Waals surface area (Å²) in [5.74, 6) is -1.57. The third-order valence-electron chi connectivity index (χ3n) is 6.64. The van der Waals surface area contributed by atoms with E-state index in [9.17, 15) is 24.6 Å². The second-order valence-electron chi connectivity index (χ2n) is 8.79. The number of aliphatic hydroxyl groups excluding tert-OH is 1. The maximum absolute atomic E-state index is 12.5. The normalized spacial score (nSPS) is 20.1. The quantitative estimate of drug-likeness (QED) is 0.595. The number of carbonyl (C=O) groups is 3. The highest BCUT2D eigenvalue weighted by molar-refractivity contribution is 5.87. The number of carboxylic acid groups (broad SMARTS) is 1. The van der Waals surface area contributed by atoms with Gasteiger partial charge in [-0.25, -0.2) is 9.59 Å². The van der Waals surface area contributed by atoms with Crippen molar-refractivity contribution in [3.63, 3.8) is 0 Å². The van der Waals surface area contributed by atoms with E-state index >= 15 is 0 Å². The number of amides is 2. The van der Waals surface area contributed by atoms with Gasteiger partial charge in [-0.05, 0) is 42.0 Å². The number of benzene rings is 2. The first-order chi connectivity index (χ1) is 15.8. The van der Waals surface area contributed by atoms with Crippen molar-refractivity contribution in [2.75, 3.05) is 19.7 Å². The van der Waals surface area contributed by atoms with Crippen LogP contribution in [0.25, 0.3) is 11.1 Å². The van der Waals surface area contributed by atoms with Gasteiger partial charge in [0.1, 0.15) is 12.1 Å². The summed E-state index contributed by atoms with van der Waals surface area (Å²) in [7, 11) is 0. The lowest BCUT2D eigenvalue weighted by Crippen LogP contribution is -2.51. The van der Waals surface area contributed by atoms with Gasteiger partial charge < -0.3 is 25.2 Å². The largest absolute Gasteiger partial charge is 0.480 e. The lowest BCUT2D eigenvalue weighted by molar-refractivity contribution is -0.156. The zero-order valence-electron chi connectivity index (χ0n) is 18.5. The summed E-state index contributed by atoms with van der Waals surface area (Å²) in [6, 6.07) is 16.0. The molecule has 1 heterocycles. The summed E-state index contributed by atoms with van der Waals surface area (Å²) in [4.78, 5) is 37.6. The molecule has 4 rings (SSSR count). The van der Waals surface area contributed by atoms with Gasteiger partial charge >= 0.3 is 12.1 Å². The van der Waals surface area contributed by atoms with Gasteiger partial charge in [-0.15, -0.1) is 0 Å². The van der Waals surface area contributed by atoms with Crippen LogP contribution >= 0.6 is 0 Å². The number of aliphatic carboxylic acids is 1. The number of hydrogen-bond acceptors (Lipinski definition) is 5. The van der Waals surface area contributed by atoms with E-state index in [1.807, 2.05) is 36.4 Å². The Hall–Kier alpha value is -3.39. The molecule has 33 heavy (non-hydrogen) atoms. The predicted molar refractivity (Wildman–Crippen MR) is 121 cm³/mol. The van der Waals surface area contributed by atoms with E-state index in [1.54, 1.807) is 0 Å². The zero-order valence-corrected chi connectivity index (χ0v) is 18.5. The highest BCUT2D eigenvalue weighted by atomic mass is 16.5. The Bertz CT molecular complexity index is 1020. The van der Waals surface area contributed by atoms with Gasteiger partial charge in [-0.2, -0.15) is 0 Å². The minimum Gasteiger partial charge on any atom is -0.480 e. The number of ether oxygens (including phenoxy) is 1. The first-order valence-corrected chi connectivity index (χ1v) is 11.1. The number of nitrogens with zero attached hydrogens (tertiary/aromatic N) is 1. The van der Waals surface area contributed by atoms with Crippen LogP contribution in [0.15, 0.2) is 48.5 Å². The fraction of sp³-hybridized carbons (Fsp3) is 0.400. The van der Waals surface area contributed by atoms with Crippen molar-refractivity contribution in [3.8, 4) is 11.1 Å². The van der Waals surface area contributed by atoms with Gasteiger partial charge in [-0.1, -0.05) is 48.5 Å². The molecule has 2 aromatic carbocycles. The van der Waals surface area contributed by atoms with Crippen molar-refractivity contribution < 1.29 is 29.3 Å². The van der Waals surface area contributed by atoms with Crippen molar-refractivity contribution in [1.29, 1.82) is 0 Å². The molecule has 0 radical (unpaired) electrons. The lowest BCUT2D eigenvalue weighted by atomic mass is 9.98. The third-order valence-corrected chi connectivity index (χ3v) is 6.64. The molecule has 1 aliphatic carbocycles. The molecule has 8 nitrogen and oxygen atoms in total. The average molecular weight is 453 g/mol. The number of carbonyl (C=O) groups excluding carboxylic acids is 2. The molecule has 1 unspecified atom stereocenters. The Morgan fingerprint density at radius 1 is 1.12 bits per heavy atom. The van der Waals surface area contributed by atoms with Crippen LogP contribution in [0.3, 0.4) is 0 Å². The Morgan fingerprint density at radius 3 is 2.33 bits per heavy atom. The van der Waals surface area contributed by atoms with Gasteiger partial charge in [0.25, 0.3) is 0 Å². The molecule has 2 amide bonds. The second kappa shape index (κ2) is 9.23. The average Bonchev–Trinajstić information content (AvgIpc) is 3.35. The van der Waals surface area contributed by atoms with Crippen LogP contribution < -0.4 is 5.32 Å². The molecule has 1 aliphatic heterocycles. The van der Waals surface area contributed by atoms with E-state index in [0.29, 0.717) is 19.4 Å². The Balaban J connectivity index is 1.28. The summed E-state index contributed by atoms with van der Waals surface area (Å²) >= 11 is 0. The molecule has 0 saturated carbocycles. The predicted octanol–water partition coefficient (Wildman–Crippen LogP) is 2.74. The van der Waals surface area contributed by atoms with Crippen molar-refractivity contribution in [2.24, 2.45) is 0 Å². The van der Waals surface area contributed by atoms with Gasteiger partial charge in [-0.3, -0.25) is 4.79 Å². The van der Waals surface area contributed by atoms with E-state index in [2.05, 4.69) is 17.4 Å².